The summed E-state index contributed by atoms with van der Waals surface area (Å²) >= 11 is 0. The van der Waals surface area contributed by atoms with Gasteiger partial charge in [-0.15, -0.1) is 0 Å². The number of halogens is 3. The number of fused-ring (bicyclic) bond motifs is 1. The van der Waals surface area contributed by atoms with Gasteiger partial charge in [-0.3, -0.25) is 4.79 Å². The zero-order valence-corrected chi connectivity index (χ0v) is 26.1. The number of carbonyl (C=O) groups is 1. The van der Waals surface area contributed by atoms with Crippen molar-refractivity contribution in [3.8, 4) is 5.69 Å². The molecule has 5 heterocycles. The standard InChI is InChI=1S/C33H40F3N9O/c1-22-19-44(21-39-22)28-16-25(33(34,35)36)15-26(17-28)40-32-38-18-24-14-29(45(30(24)41-32)27-4-2-3-5-27)31(46)43-10-6-23(7-11-43)20-42-12-8-37-9-13-42/h14-19,21,23,27,37H,2-13,20H2,1H3,(H,38,40,41). The number of rotatable bonds is 7. The highest BCUT2D eigenvalue weighted by Gasteiger charge is 2.33. The summed E-state index contributed by atoms with van der Waals surface area (Å²) in [7, 11) is 0. The summed E-state index contributed by atoms with van der Waals surface area (Å²) in [6.07, 6.45) is 6.30. The van der Waals surface area contributed by atoms with Crippen LogP contribution in [0.3, 0.4) is 0 Å². The molecule has 0 atom stereocenters. The van der Waals surface area contributed by atoms with E-state index in [1.54, 1.807) is 30.0 Å². The number of imidazole rings is 1. The van der Waals surface area contributed by atoms with Crippen molar-refractivity contribution in [2.75, 3.05) is 51.1 Å². The minimum atomic E-state index is -4.54. The summed E-state index contributed by atoms with van der Waals surface area (Å²) in [6, 6.07) is 5.77. The van der Waals surface area contributed by atoms with Crippen LogP contribution in [-0.2, 0) is 6.18 Å². The molecule has 10 nitrogen and oxygen atoms in total. The minimum absolute atomic E-state index is 0.0122. The molecule has 2 N–H and O–H groups in total. The number of piperidine rings is 1. The van der Waals surface area contributed by atoms with Gasteiger partial charge in [-0.2, -0.15) is 18.2 Å². The van der Waals surface area contributed by atoms with E-state index in [-0.39, 0.29) is 23.6 Å². The minimum Gasteiger partial charge on any atom is -0.337 e. The normalized spacial score (nSPS) is 18.9. The molecule has 1 aromatic carbocycles. The van der Waals surface area contributed by atoms with E-state index < -0.39 is 11.7 Å². The van der Waals surface area contributed by atoms with Crippen LogP contribution < -0.4 is 10.6 Å². The Balaban J connectivity index is 1.15. The molecule has 0 bridgehead atoms. The first-order valence-corrected chi connectivity index (χ1v) is 16.3. The Labute approximate surface area is 266 Å². The summed E-state index contributed by atoms with van der Waals surface area (Å²) in [5.74, 6) is 0.777. The number of aromatic nitrogens is 5. The maximum absolute atomic E-state index is 14.0. The smallest absolute Gasteiger partial charge is 0.337 e. The van der Waals surface area contributed by atoms with E-state index in [2.05, 4.69) is 30.1 Å². The monoisotopic (exact) mass is 635 g/mol. The maximum atomic E-state index is 14.0. The topological polar surface area (TPSA) is 96.1 Å². The molecule has 244 valence electrons. The Kier molecular flexibility index (Phi) is 8.45. The molecule has 0 unspecified atom stereocenters. The van der Waals surface area contributed by atoms with Crippen molar-refractivity contribution >= 4 is 28.6 Å². The fourth-order valence-corrected chi connectivity index (χ4v) is 7.19. The first kappa shape index (κ1) is 30.7. The van der Waals surface area contributed by atoms with E-state index in [0.717, 1.165) is 102 Å². The van der Waals surface area contributed by atoms with Crippen LogP contribution in [0, 0.1) is 12.8 Å². The van der Waals surface area contributed by atoms with Crippen LogP contribution in [-0.4, -0.2) is 85.6 Å². The summed E-state index contributed by atoms with van der Waals surface area (Å²) in [5.41, 5.74) is 1.66. The van der Waals surface area contributed by atoms with Gasteiger partial charge in [-0.25, -0.2) is 9.97 Å². The van der Waals surface area contributed by atoms with Gasteiger partial charge in [0.2, 0.25) is 5.95 Å². The molecule has 7 rings (SSSR count). The molecule has 3 fully saturated rings. The first-order chi connectivity index (χ1) is 22.2. The van der Waals surface area contributed by atoms with Gasteiger partial charge in [0, 0.05) is 81.0 Å². The number of likely N-dealkylation sites (tertiary alicyclic amines) is 1. The average Bonchev–Trinajstić information content (AvgIpc) is 3.81. The van der Waals surface area contributed by atoms with Crippen LogP contribution in [0.2, 0.25) is 0 Å². The van der Waals surface area contributed by atoms with E-state index in [4.69, 9.17) is 4.98 Å². The molecule has 1 amide bonds. The molecular formula is C33H40F3N9O. The highest BCUT2D eigenvalue weighted by atomic mass is 19.4. The number of carbonyl (C=O) groups excluding carboxylic acids is 1. The number of nitrogens with one attached hydrogen (secondary N) is 2. The SMILES string of the molecule is Cc1cn(-c2cc(Nc3ncc4cc(C(=O)N5CCC(CN6CCNCC6)CC5)n(C5CCCC5)c4n3)cc(C(F)(F)F)c2)cn1. The first-order valence-electron chi connectivity index (χ1n) is 16.3. The van der Waals surface area contributed by atoms with Crippen LogP contribution in [0.25, 0.3) is 16.7 Å². The van der Waals surface area contributed by atoms with Crippen molar-refractivity contribution in [1.29, 1.82) is 0 Å². The molecule has 0 spiro atoms. The second-order valence-electron chi connectivity index (χ2n) is 12.9. The Bertz CT molecular complexity index is 1690. The number of amides is 1. The molecule has 2 aliphatic heterocycles. The number of alkyl halides is 3. The molecule has 46 heavy (non-hydrogen) atoms. The molecule has 1 aliphatic carbocycles. The van der Waals surface area contributed by atoms with Gasteiger partial charge >= 0.3 is 6.18 Å². The summed E-state index contributed by atoms with van der Waals surface area (Å²) < 4.78 is 45.2. The van der Waals surface area contributed by atoms with Gasteiger partial charge in [-0.05, 0) is 62.8 Å². The van der Waals surface area contributed by atoms with Crippen molar-refractivity contribution in [2.24, 2.45) is 5.92 Å². The largest absolute Gasteiger partial charge is 0.416 e. The van der Waals surface area contributed by atoms with Gasteiger partial charge in [0.1, 0.15) is 11.3 Å². The quantitative estimate of drug-likeness (QED) is 0.275. The number of piperazine rings is 1. The molecule has 3 aromatic heterocycles. The van der Waals surface area contributed by atoms with Crippen LogP contribution in [0.4, 0.5) is 24.8 Å². The summed E-state index contributed by atoms with van der Waals surface area (Å²) in [6.45, 7) is 8.57. The Morgan fingerprint density at radius 1 is 1.00 bits per heavy atom. The Morgan fingerprint density at radius 3 is 2.46 bits per heavy atom. The van der Waals surface area contributed by atoms with Crippen LogP contribution in [0.5, 0.6) is 0 Å². The maximum Gasteiger partial charge on any atom is 0.416 e. The van der Waals surface area contributed by atoms with Crippen LogP contribution in [0.15, 0.2) is 43.0 Å². The van der Waals surface area contributed by atoms with E-state index in [0.29, 0.717) is 28.6 Å². The van der Waals surface area contributed by atoms with E-state index in [1.807, 2.05) is 11.0 Å². The van der Waals surface area contributed by atoms with Gasteiger partial charge in [0.25, 0.3) is 5.91 Å². The number of hydrogen-bond acceptors (Lipinski definition) is 7. The third kappa shape index (κ3) is 6.48. The highest BCUT2D eigenvalue weighted by Crippen LogP contribution is 2.37. The lowest BCUT2D eigenvalue weighted by molar-refractivity contribution is -0.137. The number of anilines is 2. The van der Waals surface area contributed by atoms with Gasteiger partial charge < -0.3 is 29.6 Å². The third-order valence-corrected chi connectivity index (χ3v) is 9.62. The summed E-state index contributed by atoms with van der Waals surface area (Å²) in [5, 5.41) is 7.16. The van der Waals surface area contributed by atoms with Crippen molar-refractivity contribution in [1.82, 2.24) is 39.2 Å². The number of hydrogen-bond donors (Lipinski definition) is 2. The zero-order valence-electron chi connectivity index (χ0n) is 26.1. The van der Waals surface area contributed by atoms with Crippen molar-refractivity contribution in [3.63, 3.8) is 0 Å². The number of aryl methyl sites for hydroxylation is 1. The predicted molar refractivity (Wildman–Crippen MR) is 170 cm³/mol. The van der Waals surface area contributed by atoms with E-state index in [1.165, 1.54) is 6.33 Å². The molecule has 2 saturated heterocycles. The van der Waals surface area contributed by atoms with E-state index >= 15 is 0 Å². The molecule has 0 radical (unpaired) electrons. The lowest BCUT2D eigenvalue weighted by Crippen LogP contribution is -2.47. The highest BCUT2D eigenvalue weighted by molar-refractivity contribution is 5.98. The van der Waals surface area contributed by atoms with Crippen molar-refractivity contribution in [2.45, 2.75) is 57.7 Å². The second kappa shape index (κ2) is 12.7. The molecule has 1 saturated carbocycles. The fourth-order valence-electron chi connectivity index (χ4n) is 7.19. The van der Waals surface area contributed by atoms with E-state index in [9.17, 15) is 18.0 Å². The Morgan fingerprint density at radius 2 is 1.76 bits per heavy atom. The Hall–Kier alpha value is -3.97. The molecule has 3 aliphatic rings. The van der Waals surface area contributed by atoms with Gasteiger partial charge in [0.05, 0.1) is 17.6 Å². The second-order valence-corrected chi connectivity index (χ2v) is 12.9. The fraction of sp³-hybridized carbons (Fsp3) is 0.515. The predicted octanol–water partition coefficient (Wildman–Crippen LogP) is 5.56. The van der Waals surface area contributed by atoms with Crippen LogP contribution >= 0.6 is 0 Å². The number of nitrogens with zero attached hydrogens (tertiary/aromatic N) is 7. The van der Waals surface area contributed by atoms with Gasteiger partial charge in [0.15, 0.2) is 0 Å². The van der Waals surface area contributed by atoms with Crippen molar-refractivity contribution < 1.29 is 18.0 Å². The van der Waals surface area contributed by atoms with Crippen molar-refractivity contribution in [3.05, 3.63) is 59.9 Å². The summed E-state index contributed by atoms with van der Waals surface area (Å²) in [4.78, 5) is 31.9. The molecular weight excluding hydrogens is 595 g/mol. The zero-order chi connectivity index (χ0) is 31.8. The lowest BCUT2D eigenvalue weighted by Gasteiger charge is -2.36. The number of benzene rings is 1. The third-order valence-electron chi connectivity index (χ3n) is 9.62. The van der Waals surface area contributed by atoms with Gasteiger partial charge in [-0.1, -0.05) is 12.8 Å². The lowest BCUT2D eigenvalue weighted by atomic mass is 9.95. The molecule has 13 heteroatoms. The molecule has 4 aromatic rings. The van der Waals surface area contributed by atoms with Crippen LogP contribution in [0.1, 0.15) is 66.3 Å². The average molecular weight is 636 g/mol.